The summed E-state index contributed by atoms with van der Waals surface area (Å²) in [5.41, 5.74) is 10.8. The molecule has 1 aliphatic rings. The molecule has 2 N–H and O–H groups in total. The summed E-state index contributed by atoms with van der Waals surface area (Å²) in [4.78, 5) is 16.4. The topological polar surface area (TPSA) is 110 Å². The van der Waals surface area contributed by atoms with E-state index in [1.54, 1.807) is 23.0 Å². The van der Waals surface area contributed by atoms with Gasteiger partial charge in [0.25, 0.3) is 0 Å². The van der Waals surface area contributed by atoms with Crippen LogP contribution in [0.1, 0.15) is 18.4 Å². The van der Waals surface area contributed by atoms with Crippen LogP contribution < -0.4 is 10.6 Å². The molecule has 1 saturated heterocycles. The predicted molar refractivity (Wildman–Crippen MR) is 119 cm³/mol. The number of hydrogen-bond donors (Lipinski definition) is 1. The van der Waals surface area contributed by atoms with Gasteiger partial charge in [0.15, 0.2) is 0 Å². The molecule has 4 heterocycles. The Balaban J connectivity index is 1.62. The molecule has 0 saturated carbocycles. The largest absolute Gasteiger partial charge is 0.341 e. The van der Waals surface area contributed by atoms with Crippen LogP contribution in [0.5, 0.6) is 0 Å². The van der Waals surface area contributed by atoms with E-state index in [-0.39, 0.29) is 6.04 Å². The van der Waals surface area contributed by atoms with Crippen molar-refractivity contribution in [2.45, 2.75) is 18.9 Å². The van der Waals surface area contributed by atoms with Crippen LogP contribution in [0.4, 0.5) is 5.95 Å². The highest BCUT2D eigenvalue weighted by Crippen LogP contribution is 2.32. The van der Waals surface area contributed by atoms with Crippen LogP contribution in [0.15, 0.2) is 48.9 Å². The molecule has 0 unspecified atom stereocenters. The molecule has 4 aromatic rings. The van der Waals surface area contributed by atoms with Crippen molar-refractivity contribution in [1.82, 2.24) is 24.7 Å². The van der Waals surface area contributed by atoms with Crippen LogP contribution in [0, 0.1) is 11.3 Å². The fraction of sp³-hybridized carbons (Fsp3) is 0.261. The number of piperidine rings is 1. The number of benzene rings is 1. The monoisotopic (exact) mass is 410 g/mol. The molecule has 0 aliphatic carbocycles. The highest BCUT2D eigenvalue weighted by molar-refractivity contribution is 5.86. The summed E-state index contributed by atoms with van der Waals surface area (Å²) in [5.74, 6) is 0.692. The Hall–Kier alpha value is -3.83. The van der Waals surface area contributed by atoms with Gasteiger partial charge in [0.1, 0.15) is 5.52 Å². The van der Waals surface area contributed by atoms with Crippen molar-refractivity contribution in [3.8, 4) is 28.6 Å². The number of nitrogens with two attached hydrogens (primary N) is 1. The molecule has 0 spiro atoms. The number of aromatic nitrogens is 5. The number of anilines is 1. The van der Waals surface area contributed by atoms with Crippen LogP contribution in [0.3, 0.4) is 0 Å². The molecule has 0 radical (unpaired) electrons. The molecule has 0 atom stereocenters. The maximum atomic E-state index is 9.16. The average Bonchev–Trinajstić information content (AvgIpc) is 3.18. The van der Waals surface area contributed by atoms with Gasteiger partial charge in [-0.15, -0.1) is 0 Å². The third kappa shape index (κ3) is 3.71. The van der Waals surface area contributed by atoms with Crippen LogP contribution >= 0.6 is 0 Å². The van der Waals surface area contributed by atoms with Gasteiger partial charge < -0.3 is 10.6 Å². The maximum absolute atomic E-state index is 9.16. The highest BCUT2D eigenvalue weighted by Gasteiger charge is 2.21. The Morgan fingerprint density at radius 1 is 1.10 bits per heavy atom. The molecular weight excluding hydrogens is 388 g/mol. The zero-order valence-corrected chi connectivity index (χ0v) is 17.2. The Morgan fingerprint density at radius 2 is 1.87 bits per heavy atom. The second-order valence-electron chi connectivity index (χ2n) is 7.88. The lowest BCUT2D eigenvalue weighted by molar-refractivity contribution is 0.495. The Labute approximate surface area is 180 Å². The molecule has 0 bridgehead atoms. The van der Waals surface area contributed by atoms with Gasteiger partial charge in [-0.2, -0.15) is 10.4 Å². The SMILES string of the molecule is Cn1cc2cc(-c3cnc(N4CCC(N)CC4)nc3-c3ccc(C#N)cc3)ncc2n1. The lowest BCUT2D eigenvalue weighted by Crippen LogP contribution is -2.40. The van der Waals surface area contributed by atoms with E-state index in [0.29, 0.717) is 11.5 Å². The Bertz CT molecular complexity index is 1280. The van der Waals surface area contributed by atoms with Crippen LogP contribution in [0.25, 0.3) is 33.4 Å². The van der Waals surface area contributed by atoms with E-state index in [1.807, 2.05) is 37.6 Å². The molecule has 0 amide bonds. The van der Waals surface area contributed by atoms with Crippen molar-refractivity contribution < 1.29 is 0 Å². The number of rotatable bonds is 3. The number of pyridine rings is 1. The van der Waals surface area contributed by atoms with Gasteiger partial charge in [-0.3, -0.25) is 9.67 Å². The lowest BCUT2D eigenvalue weighted by Gasteiger charge is -2.30. The second kappa shape index (κ2) is 7.78. The summed E-state index contributed by atoms with van der Waals surface area (Å²) in [6.07, 6.45) is 7.43. The summed E-state index contributed by atoms with van der Waals surface area (Å²) < 4.78 is 1.78. The van der Waals surface area contributed by atoms with Crippen molar-refractivity contribution in [2.24, 2.45) is 12.8 Å². The molecule has 8 heteroatoms. The quantitative estimate of drug-likeness (QED) is 0.553. The van der Waals surface area contributed by atoms with Crippen molar-refractivity contribution in [3.05, 3.63) is 54.5 Å². The van der Waals surface area contributed by atoms with E-state index in [0.717, 1.165) is 59.3 Å². The Kier molecular flexibility index (Phi) is 4.81. The smallest absolute Gasteiger partial charge is 0.225 e. The average molecular weight is 410 g/mol. The molecule has 3 aromatic heterocycles. The van der Waals surface area contributed by atoms with Gasteiger partial charge in [0.05, 0.1) is 29.2 Å². The number of aryl methyl sites for hydroxylation is 1. The summed E-state index contributed by atoms with van der Waals surface area (Å²) in [6.45, 7) is 1.68. The van der Waals surface area contributed by atoms with Gasteiger partial charge in [-0.1, -0.05) is 12.1 Å². The van der Waals surface area contributed by atoms with Crippen molar-refractivity contribution >= 4 is 16.9 Å². The first kappa shape index (κ1) is 19.2. The van der Waals surface area contributed by atoms with Crippen molar-refractivity contribution in [3.63, 3.8) is 0 Å². The molecule has 1 aliphatic heterocycles. The molecular formula is C23H22N8. The first-order valence-corrected chi connectivity index (χ1v) is 10.3. The highest BCUT2D eigenvalue weighted by atomic mass is 15.3. The van der Waals surface area contributed by atoms with Crippen molar-refractivity contribution in [2.75, 3.05) is 18.0 Å². The van der Waals surface area contributed by atoms with E-state index in [9.17, 15) is 0 Å². The van der Waals surface area contributed by atoms with Crippen molar-refractivity contribution in [1.29, 1.82) is 5.26 Å². The summed E-state index contributed by atoms with van der Waals surface area (Å²) in [5, 5.41) is 14.6. The van der Waals surface area contributed by atoms with Gasteiger partial charge in [-0.25, -0.2) is 9.97 Å². The molecule has 8 nitrogen and oxygen atoms in total. The van der Waals surface area contributed by atoms with Gasteiger partial charge >= 0.3 is 0 Å². The summed E-state index contributed by atoms with van der Waals surface area (Å²) in [6, 6.07) is 11.9. The standard InChI is InChI=1S/C23H22N8/c1-30-14-17-10-20(26-13-21(17)29-30)19-12-27-23(31-8-6-18(25)7-9-31)28-22(19)16-4-2-15(11-24)3-5-16/h2-5,10,12-14,18H,6-9,25H2,1H3. The normalized spacial score (nSPS) is 14.7. The summed E-state index contributed by atoms with van der Waals surface area (Å²) >= 11 is 0. The Morgan fingerprint density at radius 3 is 2.61 bits per heavy atom. The zero-order chi connectivity index (χ0) is 21.4. The fourth-order valence-electron chi connectivity index (χ4n) is 3.93. The molecule has 31 heavy (non-hydrogen) atoms. The minimum Gasteiger partial charge on any atom is -0.341 e. The van der Waals surface area contributed by atoms with E-state index in [4.69, 9.17) is 16.0 Å². The third-order valence-corrected chi connectivity index (χ3v) is 5.67. The number of nitriles is 1. The van der Waals surface area contributed by atoms with E-state index in [2.05, 4.69) is 26.0 Å². The number of hydrogen-bond acceptors (Lipinski definition) is 7. The van der Waals surface area contributed by atoms with Gasteiger partial charge in [0, 0.05) is 55.1 Å². The number of fused-ring (bicyclic) bond motifs is 1. The molecule has 1 fully saturated rings. The minimum atomic E-state index is 0.240. The van der Waals surface area contributed by atoms with Crippen LogP contribution in [-0.2, 0) is 7.05 Å². The third-order valence-electron chi connectivity index (χ3n) is 5.67. The first-order valence-electron chi connectivity index (χ1n) is 10.3. The predicted octanol–water partition coefficient (Wildman–Crippen LogP) is 2.89. The van der Waals surface area contributed by atoms with E-state index < -0.39 is 0 Å². The van der Waals surface area contributed by atoms with Gasteiger partial charge in [0.2, 0.25) is 5.95 Å². The minimum absolute atomic E-state index is 0.240. The van der Waals surface area contributed by atoms with E-state index in [1.165, 1.54) is 0 Å². The first-order chi connectivity index (χ1) is 15.1. The second-order valence-corrected chi connectivity index (χ2v) is 7.88. The van der Waals surface area contributed by atoms with Crippen LogP contribution in [-0.4, -0.2) is 43.9 Å². The van der Waals surface area contributed by atoms with Crippen LogP contribution in [0.2, 0.25) is 0 Å². The summed E-state index contributed by atoms with van der Waals surface area (Å²) in [7, 11) is 1.89. The van der Waals surface area contributed by atoms with E-state index >= 15 is 0 Å². The molecule has 1 aromatic carbocycles. The lowest BCUT2D eigenvalue weighted by atomic mass is 10.0. The molecule has 5 rings (SSSR count). The number of nitrogens with zero attached hydrogens (tertiary/aromatic N) is 7. The molecule has 154 valence electrons. The fourth-order valence-corrected chi connectivity index (χ4v) is 3.93. The zero-order valence-electron chi connectivity index (χ0n) is 17.2. The van der Waals surface area contributed by atoms with Gasteiger partial charge in [-0.05, 0) is 31.0 Å². The maximum Gasteiger partial charge on any atom is 0.225 e.